The Hall–Kier alpha value is -0.910. The summed E-state index contributed by atoms with van der Waals surface area (Å²) in [6.07, 6.45) is -0.459. The number of hydrogen-bond donors (Lipinski definition) is 1. The summed E-state index contributed by atoms with van der Waals surface area (Å²) < 4.78 is 11.0. The van der Waals surface area contributed by atoms with Gasteiger partial charge in [-0.2, -0.15) is 0 Å². The maximum absolute atomic E-state index is 10.3. The molecule has 4 nitrogen and oxygen atoms in total. The molecule has 0 fully saturated rings. The summed E-state index contributed by atoms with van der Waals surface area (Å²) in [5.41, 5.74) is 0. The molecule has 112 valence electrons. The average Bonchev–Trinajstić information content (AvgIpc) is 2.63. The van der Waals surface area contributed by atoms with Crippen molar-refractivity contribution in [1.29, 1.82) is 0 Å². The SMILES string of the molecule is CCN(CC)CC1Sc2cc(OC)ccc2OCC1O. The summed E-state index contributed by atoms with van der Waals surface area (Å²) in [5, 5.41) is 10.4. The molecule has 2 rings (SSSR count). The summed E-state index contributed by atoms with van der Waals surface area (Å²) >= 11 is 1.68. The van der Waals surface area contributed by atoms with Gasteiger partial charge in [-0.1, -0.05) is 13.8 Å². The minimum absolute atomic E-state index is 0.114. The van der Waals surface area contributed by atoms with Gasteiger partial charge in [0.05, 0.1) is 17.3 Å². The fourth-order valence-electron chi connectivity index (χ4n) is 2.25. The van der Waals surface area contributed by atoms with Gasteiger partial charge in [0.25, 0.3) is 0 Å². The second kappa shape index (κ2) is 7.20. The lowest BCUT2D eigenvalue weighted by molar-refractivity contribution is 0.0960. The fourth-order valence-corrected chi connectivity index (χ4v) is 3.52. The van der Waals surface area contributed by atoms with Crippen molar-refractivity contribution < 1.29 is 14.6 Å². The summed E-state index contributed by atoms with van der Waals surface area (Å²) in [5.74, 6) is 1.65. The highest BCUT2D eigenvalue weighted by Crippen LogP contribution is 2.39. The first-order valence-corrected chi connectivity index (χ1v) is 7.93. The van der Waals surface area contributed by atoms with Gasteiger partial charge in [-0.25, -0.2) is 0 Å². The van der Waals surface area contributed by atoms with Crippen LogP contribution in [0.2, 0.25) is 0 Å². The van der Waals surface area contributed by atoms with Crippen molar-refractivity contribution in [2.75, 3.05) is 33.4 Å². The molecule has 2 atom stereocenters. The Morgan fingerprint density at radius 3 is 2.80 bits per heavy atom. The van der Waals surface area contributed by atoms with Gasteiger partial charge in [-0.3, -0.25) is 0 Å². The second-order valence-electron chi connectivity index (χ2n) is 4.83. The van der Waals surface area contributed by atoms with Crippen molar-refractivity contribution in [2.24, 2.45) is 0 Å². The van der Waals surface area contributed by atoms with Crippen LogP contribution in [0.1, 0.15) is 13.8 Å². The summed E-state index contributed by atoms with van der Waals surface area (Å²) in [4.78, 5) is 3.37. The van der Waals surface area contributed by atoms with Crippen LogP contribution >= 0.6 is 11.8 Å². The highest BCUT2D eigenvalue weighted by Gasteiger charge is 2.27. The van der Waals surface area contributed by atoms with Crippen molar-refractivity contribution in [1.82, 2.24) is 4.90 Å². The Morgan fingerprint density at radius 2 is 2.15 bits per heavy atom. The number of nitrogens with zero attached hydrogens (tertiary/aromatic N) is 1. The largest absolute Gasteiger partial charge is 0.497 e. The smallest absolute Gasteiger partial charge is 0.133 e. The molecule has 0 spiro atoms. The van der Waals surface area contributed by atoms with Crippen LogP contribution in [0.3, 0.4) is 0 Å². The van der Waals surface area contributed by atoms with E-state index in [9.17, 15) is 5.11 Å². The molecule has 2 unspecified atom stereocenters. The summed E-state index contributed by atoms with van der Waals surface area (Å²) in [7, 11) is 1.66. The van der Waals surface area contributed by atoms with Crippen molar-refractivity contribution in [3.05, 3.63) is 18.2 Å². The van der Waals surface area contributed by atoms with Gasteiger partial charge in [-0.05, 0) is 31.3 Å². The van der Waals surface area contributed by atoms with E-state index in [1.807, 2.05) is 18.2 Å². The van der Waals surface area contributed by atoms with E-state index in [4.69, 9.17) is 9.47 Å². The van der Waals surface area contributed by atoms with Gasteiger partial charge in [0.1, 0.15) is 24.2 Å². The normalized spacial score (nSPS) is 22.1. The van der Waals surface area contributed by atoms with E-state index < -0.39 is 6.10 Å². The third kappa shape index (κ3) is 3.59. The fraction of sp³-hybridized carbons (Fsp3) is 0.600. The zero-order chi connectivity index (χ0) is 14.5. The van der Waals surface area contributed by atoms with E-state index in [-0.39, 0.29) is 5.25 Å². The Kier molecular flexibility index (Phi) is 5.57. The summed E-state index contributed by atoms with van der Waals surface area (Å²) in [6, 6.07) is 5.78. The predicted molar refractivity (Wildman–Crippen MR) is 81.9 cm³/mol. The van der Waals surface area contributed by atoms with E-state index in [1.54, 1.807) is 18.9 Å². The number of benzene rings is 1. The first-order chi connectivity index (χ1) is 9.67. The monoisotopic (exact) mass is 297 g/mol. The number of thioether (sulfide) groups is 1. The number of aliphatic hydroxyl groups excluding tert-OH is 1. The van der Waals surface area contributed by atoms with Crippen LogP contribution in [-0.2, 0) is 0 Å². The molecule has 0 aliphatic carbocycles. The van der Waals surface area contributed by atoms with Crippen molar-refractivity contribution in [2.45, 2.75) is 30.1 Å². The number of ether oxygens (including phenoxy) is 2. The second-order valence-corrected chi connectivity index (χ2v) is 6.11. The molecule has 0 bridgehead atoms. The molecule has 20 heavy (non-hydrogen) atoms. The number of fused-ring (bicyclic) bond motifs is 1. The first-order valence-electron chi connectivity index (χ1n) is 7.05. The van der Waals surface area contributed by atoms with Crippen LogP contribution in [0.5, 0.6) is 11.5 Å². The zero-order valence-corrected chi connectivity index (χ0v) is 13.2. The van der Waals surface area contributed by atoms with E-state index in [0.717, 1.165) is 36.0 Å². The van der Waals surface area contributed by atoms with Crippen molar-refractivity contribution >= 4 is 11.8 Å². The molecular formula is C15H23NO3S. The molecule has 0 amide bonds. The number of aliphatic hydroxyl groups is 1. The van der Waals surface area contributed by atoms with Gasteiger partial charge in [0.2, 0.25) is 0 Å². The Balaban J connectivity index is 2.17. The standard InChI is InChI=1S/C15H23NO3S/c1-4-16(5-2)9-15-12(17)10-19-13-7-6-11(18-3)8-14(13)20-15/h6-8,12,15,17H,4-5,9-10H2,1-3H3. The van der Waals surface area contributed by atoms with Crippen LogP contribution in [0.4, 0.5) is 0 Å². The molecule has 0 aromatic heterocycles. The molecule has 5 heteroatoms. The van der Waals surface area contributed by atoms with E-state index >= 15 is 0 Å². The third-order valence-electron chi connectivity index (χ3n) is 3.60. The molecule has 1 aliphatic heterocycles. The molecule has 1 N–H and O–H groups in total. The Morgan fingerprint density at radius 1 is 1.40 bits per heavy atom. The van der Waals surface area contributed by atoms with Crippen LogP contribution in [0, 0.1) is 0 Å². The van der Waals surface area contributed by atoms with Crippen molar-refractivity contribution in [3.63, 3.8) is 0 Å². The lowest BCUT2D eigenvalue weighted by atomic mass is 10.2. The number of hydrogen-bond acceptors (Lipinski definition) is 5. The number of methoxy groups -OCH3 is 1. The average molecular weight is 297 g/mol. The summed E-state index contributed by atoms with van der Waals surface area (Å²) in [6.45, 7) is 7.48. The molecule has 1 heterocycles. The van der Waals surface area contributed by atoms with Crippen molar-refractivity contribution in [3.8, 4) is 11.5 Å². The van der Waals surface area contributed by atoms with E-state index in [1.165, 1.54) is 0 Å². The van der Waals surface area contributed by atoms with Crippen LogP contribution in [0.25, 0.3) is 0 Å². The third-order valence-corrected chi connectivity index (χ3v) is 4.94. The molecule has 1 aromatic rings. The highest BCUT2D eigenvalue weighted by molar-refractivity contribution is 8.00. The number of rotatable bonds is 5. The first kappa shape index (κ1) is 15.5. The van der Waals surface area contributed by atoms with Gasteiger partial charge < -0.3 is 19.5 Å². The lowest BCUT2D eigenvalue weighted by Gasteiger charge is -2.26. The Bertz CT molecular complexity index is 437. The topological polar surface area (TPSA) is 41.9 Å². The van der Waals surface area contributed by atoms with E-state index in [0.29, 0.717) is 6.61 Å². The zero-order valence-electron chi connectivity index (χ0n) is 12.3. The van der Waals surface area contributed by atoms with Gasteiger partial charge in [0, 0.05) is 6.54 Å². The minimum atomic E-state index is -0.459. The van der Waals surface area contributed by atoms with Crippen LogP contribution < -0.4 is 9.47 Å². The Labute approximate surface area is 125 Å². The molecule has 0 saturated carbocycles. The molecule has 0 radical (unpaired) electrons. The minimum Gasteiger partial charge on any atom is -0.497 e. The molecule has 0 saturated heterocycles. The van der Waals surface area contributed by atoms with Crippen LogP contribution in [-0.4, -0.2) is 54.7 Å². The quantitative estimate of drug-likeness (QED) is 0.903. The molecular weight excluding hydrogens is 274 g/mol. The maximum atomic E-state index is 10.3. The van der Waals surface area contributed by atoms with Crippen LogP contribution in [0.15, 0.2) is 23.1 Å². The molecule has 1 aromatic carbocycles. The van der Waals surface area contributed by atoms with Gasteiger partial charge in [0.15, 0.2) is 0 Å². The van der Waals surface area contributed by atoms with Gasteiger partial charge in [-0.15, -0.1) is 11.8 Å². The van der Waals surface area contributed by atoms with Gasteiger partial charge >= 0.3 is 0 Å². The molecule has 1 aliphatic rings. The predicted octanol–water partition coefficient (Wildman–Crippen LogP) is 2.25. The van der Waals surface area contributed by atoms with E-state index in [2.05, 4.69) is 18.7 Å². The maximum Gasteiger partial charge on any atom is 0.133 e. The highest BCUT2D eigenvalue weighted by atomic mass is 32.2. The lowest BCUT2D eigenvalue weighted by Crippen LogP contribution is -2.39.